The highest BCUT2D eigenvalue weighted by Gasteiger charge is 2.29. The summed E-state index contributed by atoms with van der Waals surface area (Å²) in [4.78, 5) is 0. The first-order valence-electron chi connectivity index (χ1n) is 6.48. The molecule has 0 spiro atoms. The van der Waals surface area contributed by atoms with Crippen LogP contribution in [0.3, 0.4) is 0 Å². The molecule has 3 N–H and O–H groups in total. The zero-order valence-corrected chi connectivity index (χ0v) is 11.0. The van der Waals surface area contributed by atoms with Gasteiger partial charge in [0.2, 0.25) is 0 Å². The van der Waals surface area contributed by atoms with E-state index in [0.717, 1.165) is 29.8 Å². The van der Waals surface area contributed by atoms with E-state index in [4.69, 9.17) is 5.73 Å². The standard InChI is InChI=1S/C15H19N3/c1-15(2)8-7-13-11(9-15)14(18-17-13)10-5-3-4-6-12(10)16/h3-6H,7-9,16H2,1-2H3,(H,17,18). The summed E-state index contributed by atoms with van der Waals surface area (Å²) in [5.74, 6) is 0. The van der Waals surface area contributed by atoms with Gasteiger partial charge in [-0.1, -0.05) is 32.0 Å². The number of H-pyrrole nitrogens is 1. The molecule has 0 aliphatic heterocycles. The van der Waals surface area contributed by atoms with Crippen LogP contribution in [0.4, 0.5) is 5.69 Å². The minimum absolute atomic E-state index is 0.356. The number of nitrogens with two attached hydrogens (primary N) is 1. The van der Waals surface area contributed by atoms with Crippen molar-refractivity contribution in [3.8, 4) is 11.3 Å². The van der Waals surface area contributed by atoms with Crippen LogP contribution in [0.15, 0.2) is 24.3 Å². The summed E-state index contributed by atoms with van der Waals surface area (Å²) in [5.41, 5.74) is 11.9. The lowest BCUT2D eigenvalue weighted by atomic mass is 9.75. The molecule has 0 saturated heterocycles. The molecule has 3 heteroatoms. The summed E-state index contributed by atoms with van der Waals surface area (Å²) in [5, 5.41) is 7.67. The first-order valence-corrected chi connectivity index (χ1v) is 6.48. The van der Waals surface area contributed by atoms with E-state index in [2.05, 4.69) is 24.0 Å². The fourth-order valence-electron chi connectivity index (χ4n) is 2.76. The van der Waals surface area contributed by atoms with Gasteiger partial charge in [0.1, 0.15) is 0 Å². The number of hydrogen-bond acceptors (Lipinski definition) is 2. The lowest BCUT2D eigenvalue weighted by molar-refractivity contribution is 0.314. The highest BCUT2D eigenvalue weighted by molar-refractivity contribution is 5.76. The second-order valence-electron chi connectivity index (χ2n) is 5.96. The summed E-state index contributed by atoms with van der Waals surface area (Å²) in [6, 6.07) is 7.96. The highest BCUT2D eigenvalue weighted by Crippen LogP contribution is 2.39. The highest BCUT2D eigenvalue weighted by atomic mass is 15.1. The normalized spacial score (nSPS) is 17.4. The minimum Gasteiger partial charge on any atom is -0.398 e. The fourth-order valence-corrected chi connectivity index (χ4v) is 2.76. The molecule has 1 aliphatic carbocycles. The smallest absolute Gasteiger partial charge is 0.0976 e. The van der Waals surface area contributed by atoms with Gasteiger partial charge >= 0.3 is 0 Å². The largest absolute Gasteiger partial charge is 0.398 e. The van der Waals surface area contributed by atoms with E-state index in [1.54, 1.807) is 0 Å². The Morgan fingerprint density at radius 1 is 1.28 bits per heavy atom. The first kappa shape index (κ1) is 11.3. The third-order valence-corrected chi connectivity index (χ3v) is 3.88. The predicted octanol–water partition coefficient (Wildman–Crippen LogP) is 3.17. The molecule has 1 aromatic carbocycles. The molecule has 0 saturated carbocycles. The molecule has 18 heavy (non-hydrogen) atoms. The van der Waals surface area contributed by atoms with Crippen LogP contribution in [0.2, 0.25) is 0 Å². The van der Waals surface area contributed by atoms with Crippen LogP contribution in [-0.2, 0) is 12.8 Å². The number of benzene rings is 1. The van der Waals surface area contributed by atoms with Crippen LogP contribution in [0.1, 0.15) is 31.5 Å². The molecule has 0 bridgehead atoms. The Balaban J connectivity index is 2.11. The second-order valence-corrected chi connectivity index (χ2v) is 5.96. The summed E-state index contributed by atoms with van der Waals surface area (Å²) in [7, 11) is 0. The summed E-state index contributed by atoms with van der Waals surface area (Å²) < 4.78 is 0. The second kappa shape index (κ2) is 3.87. The molecule has 94 valence electrons. The zero-order chi connectivity index (χ0) is 12.8. The Morgan fingerprint density at radius 2 is 2.06 bits per heavy atom. The zero-order valence-electron chi connectivity index (χ0n) is 11.0. The first-order chi connectivity index (χ1) is 8.57. The lowest BCUT2D eigenvalue weighted by Gasteiger charge is -2.29. The molecule has 3 rings (SSSR count). The van der Waals surface area contributed by atoms with E-state index < -0.39 is 0 Å². The number of fused-ring (bicyclic) bond motifs is 1. The molecule has 0 radical (unpaired) electrons. The number of hydrogen-bond donors (Lipinski definition) is 2. The van der Waals surface area contributed by atoms with Gasteiger partial charge in [0.05, 0.1) is 5.69 Å². The van der Waals surface area contributed by atoms with Crippen molar-refractivity contribution in [1.29, 1.82) is 0 Å². The van der Waals surface area contributed by atoms with Crippen molar-refractivity contribution in [2.45, 2.75) is 33.1 Å². The number of nitrogens with one attached hydrogen (secondary N) is 1. The average Bonchev–Trinajstić information content (AvgIpc) is 2.71. The van der Waals surface area contributed by atoms with Gasteiger partial charge in [-0.05, 0) is 30.7 Å². The molecule has 0 atom stereocenters. The number of nitrogen functional groups attached to an aromatic ring is 1. The maximum atomic E-state index is 6.06. The van der Waals surface area contributed by atoms with Crippen molar-refractivity contribution in [3.63, 3.8) is 0 Å². The third kappa shape index (κ3) is 1.80. The number of aromatic amines is 1. The molecule has 0 fully saturated rings. The Bertz CT molecular complexity index is 581. The predicted molar refractivity (Wildman–Crippen MR) is 74.2 cm³/mol. The van der Waals surface area contributed by atoms with Gasteiger partial charge < -0.3 is 5.73 Å². The Kier molecular flexibility index (Phi) is 2.44. The van der Waals surface area contributed by atoms with Crippen LogP contribution in [0, 0.1) is 5.41 Å². The van der Waals surface area contributed by atoms with Crippen LogP contribution in [0.5, 0.6) is 0 Å². The van der Waals surface area contributed by atoms with Crippen LogP contribution in [-0.4, -0.2) is 10.2 Å². The minimum atomic E-state index is 0.356. The molecular formula is C15H19N3. The average molecular weight is 241 g/mol. The molecule has 3 nitrogen and oxygen atoms in total. The van der Waals surface area contributed by atoms with Crippen LogP contribution >= 0.6 is 0 Å². The molecule has 0 unspecified atom stereocenters. The van der Waals surface area contributed by atoms with Gasteiger partial charge in [-0.3, -0.25) is 5.10 Å². The Labute approximate surface area is 107 Å². The van der Waals surface area contributed by atoms with E-state index in [0.29, 0.717) is 5.41 Å². The van der Waals surface area contributed by atoms with E-state index in [1.807, 2.05) is 24.3 Å². The molecule has 2 aromatic rings. The van der Waals surface area contributed by atoms with Gasteiger partial charge in [-0.2, -0.15) is 5.10 Å². The molecule has 1 aliphatic rings. The van der Waals surface area contributed by atoms with Crippen molar-refractivity contribution in [3.05, 3.63) is 35.5 Å². The summed E-state index contributed by atoms with van der Waals surface area (Å²) in [6.07, 6.45) is 3.37. The summed E-state index contributed by atoms with van der Waals surface area (Å²) in [6.45, 7) is 4.64. The Morgan fingerprint density at radius 3 is 2.83 bits per heavy atom. The number of anilines is 1. The third-order valence-electron chi connectivity index (χ3n) is 3.88. The van der Waals surface area contributed by atoms with Crippen molar-refractivity contribution in [1.82, 2.24) is 10.2 Å². The van der Waals surface area contributed by atoms with Gasteiger partial charge in [0, 0.05) is 22.5 Å². The van der Waals surface area contributed by atoms with Crippen LogP contribution in [0.25, 0.3) is 11.3 Å². The van der Waals surface area contributed by atoms with E-state index >= 15 is 0 Å². The molecular weight excluding hydrogens is 222 g/mol. The molecule has 0 amide bonds. The fraction of sp³-hybridized carbons (Fsp3) is 0.400. The number of aryl methyl sites for hydroxylation is 1. The van der Waals surface area contributed by atoms with Gasteiger partial charge in [-0.25, -0.2) is 0 Å². The lowest BCUT2D eigenvalue weighted by Crippen LogP contribution is -2.21. The van der Waals surface area contributed by atoms with Crippen molar-refractivity contribution in [2.24, 2.45) is 5.41 Å². The SMILES string of the molecule is CC1(C)CCc2[nH]nc(-c3ccccc3N)c2C1. The van der Waals surface area contributed by atoms with Crippen molar-refractivity contribution < 1.29 is 0 Å². The topological polar surface area (TPSA) is 54.7 Å². The number of rotatable bonds is 1. The van der Waals surface area contributed by atoms with E-state index in [-0.39, 0.29) is 0 Å². The van der Waals surface area contributed by atoms with Crippen LogP contribution < -0.4 is 5.73 Å². The quantitative estimate of drug-likeness (QED) is 0.753. The van der Waals surface area contributed by atoms with Gasteiger partial charge in [0.15, 0.2) is 0 Å². The van der Waals surface area contributed by atoms with E-state index in [9.17, 15) is 0 Å². The maximum absolute atomic E-state index is 6.06. The number of nitrogens with zero attached hydrogens (tertiary/aromatic N) is 1. The monoisotopic (exact) mass is 241 g/mol. The van der Waals surface area contributed by atoms with Crippen molar-refractivity contribution in [2.75, 3.05) is 5.73 Å². The summed E-state index contributed by atoms with van der Waals surface area (Å²) >= 11 is 0. The number of para-hydroxylation sites is 1. The van der Waals surface area contributed by atoms with Crippen molar-refractivity contribution >= 4 is 5.69 Å². The van der Waals surface area contributed by atoms with E-state index in [1.165, 1.54) is 17.7 Å². The molecule has 1 aromatic heterocycles. The molecule has 1 heterocycles. The van der Waals surface area contributed by atoms with Gasteiger partial charge in [-0.15, -0.1) is 0 Å². The maximum Gasteiger partial charge on any atom is 0.0976 e. The number of aromatic nitrogens is 2. The van der Waals surface area contributed by atoms with Gasteiger partial charge in [0.25, 0.3) is 0 Å². The Hall–Kier alpha value is -1.77.